The van der Waals surface area contributed by atoms with E-state index >= 15 is 0 Å². The summed E-state index contributed by atoms with van der Waals surface area (Å²) in [5.74, 6) is -0.0406. The van der Waals surface area contributed by atoms with Crippen molar-refractivity contribution >= 4 is 12.0 Å². The largest absolute Gasteiger partial charge is 0.508 e. The molecule has 0 aromatic heterocycles. The Kier molecular flexibility index (Phi) is 3.23. The molecule has 1 aromatic carbocycles. The minimum absolute atomic E-state index is 0.142. The third kappa shape index (κ3) is 2.11. The van der Waals surface area contributed by atoms with Gasteiger partial charge in [0.15, 0.2) is 0 Å². The summed E-state index contributed by atoms with van der Waals surface area (Å²) in [5.41, 5.74) is -0.127. The molecule has 6 nitrogen and oxygen atoms in total. The van der Waals surface area contributed by atoms with Crippen molar-refractivity contribution in [3.63, 3.8) is 0 Å². The van der Waals surface area contributed by atoms with Crippen LogP contribution in [-0.2, 0) is 4.79 Å². The van der Waals surface area contributed by atoms with Gasteiger partial charge in [0.1, 0.15) is 11.3 Å². The maximum Gasteiger partial charge on any atom is 0.408 e. The smallest absolute Gasteiger partial charge is 0.408 e. The maximum absolute atomic E-state index is 12.3. The molecule has 2 aliphatic heterocycles. The predicted octanol–water partition coefficient (Wildman–Crippen LogP) is 1.86. The highest BCUT2D eigenvalue weighted by molar-refractivity contribution is 5.91. The number of phenolic OH excluding ortho intramolecular Hbond substituents is 1. The second-order valence-electron chi connectivity index (χ2n) is 5.69. The number of nitrogens with one attached hydrogen (secondary N) is 1. The quantitative estimate of drug-likeness (QED) is 0.736. The molecule has 3 rings (SSSR count). The lowest BCUT2D eigenvalue weighted by atomic mass is 9.87. The summed E-state index contributed by atoms with van der Waals surface area (Å²) in [5, 5.41) is 21.8. The fourth-order valence-electron chi connectivity index (χ4n) is 3.58. The number of hydrogen-bond acceptors (Lipinski definition) is 3. The Morgan fingerprint density at radius 1 is 1.29 bits per heavy atom. The van der Waals surface area contributed by atoms with E-state index in [2.05, 4.69) is 5.32 Å². The first kappa shape index (κ1) is 13.7. The predicted molar refractivity (Wildman–Crippen MR) is 74.9 cm³/mol. The molecule has 2 fully saturated rings. The molecule has 2 amide bonds. The van der Waals surface area contributed by atoms with Crippen LogP contribution in [0.15, 0.2) is 24.3 Å². The standard InChI is InChI=1S/C15H18N2O4/c18-11-4-2-10(3-5-11)12-6-8-15(17(12)14(20)21)7-1-9-16-13(15)19/h2-5,12,18H,1,6-9H2,(H,16,19)(H,20,21)/t12?,15-/m0/s1. The van der Waals surface area contributed by atoms with E-state index in [9.17, 15) is 19.8 Å². The molecule has 1 aromatic rings. The van der Waals surface area contributed by atoms with Gasteiger partial charge in [0.2, 0.25) is 5.91 Å². The number of carboxylic acid groups (broad SMARTS) is 1. The summed E-state index contributed by atoms with van der Waals surface area (Å²) < 4.78 is 0. The molecule has 3 N–H and O–H groups in total. The number of carbonyl (C=O) groups is 2. The second kappa shape index (κ2) is 4.95. The van der Waals surface area contributed by atoms with Crippen LogP contribution in [0.3, 0.4) is 0 Å². The molecule has 1 spiro atoms. The van der Waals surface area contributed by atoms with Crippen LogP contribution < -0.4 is 5.32 Å². The monoisotopic (exact) mass is 290 g/mol. The van der Waals surface area contributed by atoms with Crippen LogP contribution in [0.1, 0.15) is 37.3 Å². The number of amides is 2. The van der Waals surface area contributed by atoms with Crippen LogP contribution in [0.25, 0.3) is 0 Å². The van der Waals surface area contributed by atoms with Crippen molar-refractivity contribution < 1.29 is 19.8 Å². The number of benzene rings is 1. The molecule has 2 aliphatic rings. The number of rotatable bonds is 1. The van der Waals surface area contributed by atoms with Crippen molar-refractivity contribution in [2.45, 2.75) is 37.3 Å². The number of hydrogen-bond donors (Lipinski definition) is 3. The first-order valence-corrected chi connectivity index (χ1v) is 7.14. The Labute approximate surface area is 122 Å². The van der Waals surface area contributed by atoms with Gasteiger partial charge in [0, 0.05) is 6.54 Å². The lowest BCUT2D eigenvalue weighted by Crippen LogP contribution is -2.60. The Balaban J connectivity index is 1.98. The van der Waals surface area contributed by atoms with Gasteiger partial charge in [0.25, 0.3) is 0 Å². The van der Waals surface area contributed by atoms with Crippen molar-refractivity contribution in [3.05, 3.63) is 29.8 Å². The molecule has 112 valence electrons. The van der Waals surface area contributed by atoms with Gasteiger partial charge >= 0.3 is 6.09 Å². The molecular formula is C15H18N2O4. The zero-order valence-corrected chi connectivity index (χ0v) is 11.6. The Morgan fingerprint density at radius 3 is 2.62 bits per heavy atom. The number of carbonyl (C=O) groups excluding carboxylic acids is 1. The fraction of sp³-hybridized carbons (Fsp3) is 0.467. The molecule has 2 heterocycles. The van der Waals surface area contributed by atoms with Crippen molar-refractivity contribution in [2.24, 2.45) is 0 Å². The lowest BCUT2D eigenvalue weighted by molar-refractivity contribution is -0.134. The third-order valence-electron chi connectivity index (χ3n) is 4.56. The van der Waals surface area contributed by atoms with Crippen LogP contribution in [0, 0.1) is 0 Å². The van der Waals surface area contributed by atoms with Crippen molar-refractivity contribution in [2.75, 3.05) is 6.54 Å². The highest BCUT2D eigenvalue weighted by atomic mass is 16.4. The lowest BCUT2D eigenvalue weighted by Gasteiger charge is -2.40. The molecular weight excluding hydrogens is 272 g/mol. The van der Waals surface area contributed by atoms with E-state index in [4.69, 9.17) is 0 Å². The number of nitrogens with zero attached hydrogens (tertiary/aromatic N) is 1. The van der Waals surface area contributed by atoms with Gasteiger partial charge < -0.3 is 15.5 Å². The SMILES string of the molecule is O=C(O)N1C(c2ccc(O)cc2)CC[C@]12CCCNC2=O. The average Bonchev–Trinajstić information content (AvgIpc) is 2.84. The van der Waals surface area contributed by atoms with Crippen LogP contribution in [-0.4, -0.2) is 39.2 Å². The van der Waals surface area contributed by atoms with Crippen LogP contribution >= 0.6 is 0 Å². The summed E-state index contributed by atoms with van der Waals surface area (Å²) in [4.78, 5) is 25.4. The number of piperidine rings is 1. The van der Waals surface area contributed by atoms with E-state index in [1.54, 1.807) is 24.3 Å². The Bertz CT molecular complexity index is 572. The van der Waals surface area contributed by atoms with Crippen LogP contribution in [0.4, 0.5) is 4.79 Å². The molecule has 1 unspecified atom stereocenters. The molecule has 0 bridgehead atoms. The summed E-state index contributed by atoms with van der Waals surface area (Å²) in [6.45, 7) is 0.609. The Hall–Kier alpha value is -2.24. The maximum atomic E-state index is 12.3. The topological polar surface area (TPSA) is 89.9 Å². The summed E-state index contributed by atoms with van der Waals surface area (Å²) in [6, 6.07) is 6.18. The Morgan fingerprint density at radius 2 is 2.00 bits per heavy atom. The minimum atomic E-state index is -1.07. The highest BCUT2D eigenvalue weighted by Gasteiger charge is 2.55. The molecule has 6 heteroatoms. The summed E-state index contributed by atoms with van der Waals surface area (Å²) in [6.07, 6.45) is 1.45. The van der Waals surface area contributed by atoms with E-state index < -0.39 is 11.6 Å². The van der Waals surface area contributed by atoms with E-state index in [0.29, 0.717) is 25.8 Å². The number of aromatic hydroxyl groups is 1. The molecule has 2 atom stereocenters. The van der Waals surface area contributed by atoms with Gasteiger partial charge in [0.05, 0.1) is 6.04 Å². The van der Waals surface area contributed by atoms with E-state index in [1.807, 2.05) is 0 Å². The molecule has 0 radical (unpaired) electrons. The fourth-order valence-corrected chi connectivity index (χ4v) is 3.58. The van der Waals surface area contributed by atoms with E-state index in [1.165, 1.54) is 4.90 Å². The molecule has 21 heavy (non-hydrogen) atoms. The number of likely N-dealkylation sites (tertiary alicyclic amines) is 1. The van der Waals surface area contributed by atoms with E-state index in [0.717, 1.165) is 12.0 Å². The van der Waals surface area contributed by atoms with Gasteiger partial charge in [-0.3, -0.25) is 9.69 Å². The first-order valence-electron chi connectivity index (χ1n) is 7.14. The highest BCUT2D eigenvalue weighted by Crippen LogP contribution is 2.46. The van der Waals surface area contributed by atoms with E-state index in [-0.39, 0.29) is 17.7 Å². The van der Waals surface area contributed by atoms with Crippen LogP contribution in [0.5, 0.6) is 5.75 Å². The normalized spacial score (nSPS) is 28.7. The van der Waals surface area contributed by atoms with Gasteiger partial charge in [-0.25, -0.2) is 4.79 Å². The van der Waals surface area contributed by atoms with Gasteiger partial charge in [-0.15, -0.1) is 0 Å². The molecule has 2 saturated heterocycles. The van der Waals surface area contributed by atoms with Crippen LogP contribution in [0.2, 0.25) is 0 Å². The third-order valence-corrected chi connectivity index (χ3v) is 4.56. The zero-order valence-electron chi connectivity index (χ0n) is 11.6. The minimum Gasteiger partial charge on any atom is -0.508 e. The summed E-state index contributed by atoms with van der Waals surface area (Å²) in [7, 11) is 0. The van der Waals surface area contributed by atoms with Crippen molar-refractivity contribution in [1.82, 2.24) is 10.2 Å². The van der Waals surface area contributed by atoms with Gasteiger partial charge in [-0.1, -0.05) is 12.1 Å². The van der Waals surface area contributed by atoms with Crippen molar-refractivity contribution in [1.29, 1.82) is 0 Å². The number of phenols is 1. The second-order valence-corrected chi connectivity index (χ2v) is 5.69. The molecule has 0 saturated carbocycles. The molecule has 0 aliphatic carbocycles. The van der Waals surface area contributed by atoms with Gasteiger partial charge in [-0.05, 0) is 43.4 Å². The first-order chi connectivity index (χ1) is 10.0. The van der Waals surface area contributed by atoms with Gasteiger partial charge in [-0.2, -0.15) is 0 Å². The zero-order chi connectivity index (χ0) is 15.0. The van der Waals surface area contributed by atoms with Crippen molar-refractivity contribution in [3.8, 4) is 5.75 Å². The average molecular weight is 290 g/mol. The summed E-state index contributed by atoms with van der Waals surface area (Å²) >= 11 is 0.